The Bertz CT molecular complexity index is 759. The van der Waals surface area contributed by atoms with E-state index in [1.807, 2.05) is 0 Å². The molecule has 2 rings (SSSR count). The van der Waals surface area contributed by atoms with Crippen LogP contribution in [0.5, 0.6) is 0 Å². The van der Waals surface area contributed by atoms with Crippen LogP contribution < -0.4 is 10.9 Å². The summed E-state index contributed by atoms with van der Waals surface area (Å²) in [6, 6.07) is 7.31. The summed E-state index contributed by atoms with van der Waals surface area (Å²) in [6.07, 6.45) is 0. The minimum atomic E-state index is -0.554. The maximum absolute atomic E-state index is 11.9. The van der Waals surface area contributed by atoms with Gasteiger partial charge in [0.25, 0.3) is 17.5 Å². The van der Waals surface area contributed by atoms with E-state index in [2.05, 4.69) is 26.8 Å². The van der Waals surface area contributed by atoms with E-state index >= 15 is 0 Å². The van der Waals surface area contributed by atoms with Crippen molar-refractivity contribution in [2.45, 2.75) is 6.92 Å². The van der Waals surface area contributed by atoms with E-state index in [4.69, 9.17) is 0 Å². The van der Waals surface area contributed by atoms with Crippen LogP contribution in [0.3, 0.4) is 0 Å². The number of nitro groups is 1. The molecule has 0 aliphatic carbocycles. The minimum absolute atomic E-state index is 0.0657. The van der Waals surface area contributed by atoms with Gasteiger partial charge < -0.3 is 0 Å². The molecule has 2 N–H and O–H groups in total. The van der Waals surface area contributed by atoms with Gasteiger partial charge >= 0.3 is 0 Å². The van der Waals surface area contributed by atoms with E-state index in [0.29, 0.717) is 10.4 Å². The minimum Gasteiger partial charge on any atom is -0.267 e. The summed E-state index contributed by atoms with van der Waals surface area (Å²) in [4.78, 5) is 34.3. The number of benzene rings is 1. The van der Waals surface area contributed by atoms with Crippen LogP contribution in [0, 0.1) is 17.0 Å². The van der Waals surface area contributed by atoms with Gasteiger partial charge in [0.15, 0.2) is 0 Å². The van der Waals surface area contributed by atoms with E-state index in [1.165, 1.54) is 36.5 Å². The Labute approximate surface area is 137 Å². The van der Waals surface area contributed by atoms with Gasteiger partial charge in [0.1, 0.15) is 0 Å². The molecule has 1 heterocycles. The third-order valence-electron chi connectivity index (χ3n) is 2.74. The number of nitrogens with zero attached hydrogens (tertiary/aromatic N) is 1. The van der Waals surface area contributed by atoms with Crippen LogP contribution in [-0.4, -0.2) is 16.7 Å². The first-order valence-electron chi connectivity index (χ1n) is 5.99. The van der Waals surface area contributed by atoms with Gasteiger partial charge in [-0.3, -0.25) is 30.6 Å². The number of amides is 2. The van der Waals surface area contributed by atoms with E-state index < -0.39 is 16.7 Å². The lowest BCUT2D eigenvalue weighted by atomic mass is 10.1. The monoisotopic (exact) mass is 383 g/mol. The van der Waals surface area contributed by atoms with Crippen molar-refractivity contribution in [3.63, 3.8) is 0 Å². The fraction of sp³-hybridized carbons (Fsp3) is 0.0769. The van der Waals surface area contributed by atoms with Crippen molar-refractivity contribution in [2.75, 3.05) is 0 Å². The van der Waals surface area contributed by atoms with Gasteiger partial charge in [-0.2, -0.15) is 0 Å². The highest BCUT2D eigenvalue weighted by atomic mass is 79.9. The normalized spacial score (nSPS) is 10.1. The molecule has 1 aromatic carbocycles. The van der Waals surface area contributed by atoms with Gasteiger partial charge in [-0.1, -0.05) is 0 Å². The number of carbonyl (C=O) groups excluding carboxylic acids is 2. The lowest BCUT2D eigenvalue weighted by molar-refractivity contribution is -0.385. The Hall–Kier alpha value is -2.26. The van der Waals surface area contributed by atoms with Crippen LogP contribution >= 0.6 is 27.3 Å². The molecule has 0 radical (unpaired) electrons. The van der Waals surface area contributed by atoms with E-state index in [9.17, 15) is 19.7 Å². The van der Waals surface area contributed by atoms with Crippen molar-refractivity contribution in [1.82, 2.24) is 10.9 Å². The smallest absolute Gasteiger partial charge is 0.267 e. The first kappa shape index (κ1) is 16.1. The Balaban J connectivity index is 2.02. The van der Waals surface area contributed by atoms with E-state index in [1.54, 1.807) is 12.1 Å². The van der Waals surface area contributed by atoms with Crippen LogP contribution in [0.4, 0.5) is 5.69 Å². The summed E-state index contributed by atoms with van der Waals surface area (Å²) >= 11 is 4.47. The molecule has 2 aromatic rings. The van der Waals surface area contributed by atoms with Crippen molar-refractivity contribution in [3.8, 4) is 0 Å². The molecule has 0 saturated heterocycles. The molecular formula is C13H10BrN3O4S. The lowest BCUT2D eigenvalue weighted by Crippen LogP contribution is -2.41. The van der Waals surface area contributed by atoms with Crippen molar-refractivity contribution in [2.24, 2.45) is 0 Å². The molecule has 2 amide bonds. The number of hydrogen-bond acceptors (Lipinski definition) is 5. The standard InChI is InChI=1S/C13H10BrN3O4S/c1-7-6-8(2-3-9(7)17(20)21)12(18)15-16-13(19)10-4-5-11(14)22-10/h2-6H,1H3,(H,15,18)(H,16,19). The molecule has 0 unspecified atom stereocenters. The second kappa shape index (κ2) is 6.67. The van der Waals surface area contributed by atoms with Crippen LogP contribution in [-0.2, 0) is 0 Å². The van der Waals surface area contributed by atoms with Gasteiger partial charge in [-0.05, 0) is 47.1 Å². The molecule has 0 bridgehead atoms. The molecule has 9 heteroatoms. The predicted octanol–water partition coefficient (Wildman–Crippen LogP) is 2.80. The van der Waals surface area contributed by atoms with Gasteiger partial charge in [0.2, 0.25) is 0 Å². The largest absolute Gasteiger partial charge is 0.279 e. The van der Waals surface area contributed by atoms with Gasteiger partial charge in [0.05, 0.1) is 13.6 Å². The molecule has 0 aliphatic rings. The second-order valence-electron chi connectivity index (χ2n) is 4.27. The Morgan fingerprint density at radius 2 is 1.86 bits per heavy atom. The fourth-order valence-electron chi connectivity index (χ4n) is 1.69. The Kier molecular flexibility index (Phi) is 4.88. The molecule has 0 aliphatic heterocycles. The number of hydrogen-bond donors (Lipinski definition) is 2. The highest BCUT2D eigenvalue weighted by Crippen LogP contribution is 2.21. The summed E-state index contributed by atoms with van der Waals surface area (Å²) in [5.74, 6) is -0.996. The maximum Gasteiger partial charge on any atom is 0.279 e. The van der Waals surface area contributed by atoms with E-state index in [-0.39, 0.29) is 11.3 Å². The van der Waals surface area contributed by atoms with Crippen LogP contribution in [0.1, 0.15) is 25.6 Å². The first-order valence-corrected chi connectivity index (χ1v) is 7.60. The van der Waals surface area contributed by atoms with Crippen LogP contribution in [0.2, 0.25) is 0 Å². The number of thiophene rings is 1. The fourth-order valence-corrected chi connectivity index (χ4v) is 2.97. The zero-order valence-electron chi connectivity index (χ0n) is 11.3. The summed E-state index contributed by atoms with van der Waals surface area (Å²) < 4.78 is 0.801. The Morgan fingerprint density at radius 3 is 2.41 bits per heavy atom. The lowest BCUT2D eigenvalue weighted by Gasteiger charge is -2.07. The second-order valence-corrected chi connectivity index (χ2v) is 6.73. The van der Waals surface area contributed by atoms with Crippen molar-refractivity contribution >= 4 is 44.8 Å². The summed E-state index contributed by atoms with van der Waals surface area (Å²) in [6.45, 7) is 1.54. The Morgan fingerprint density at radius 1 is 1.18 bits per heavy atom. The van der Waals surface area contributed by atoms with Crippen molar-refractivity contribution in [3.05, 3.63) is 60.2 Å². The van der Waals surface area contributed by atoms with Crippen LogP contribution in [0.15, 0.2) is 34.1 Å². The topological polar surface area (TPSA) is 101 Å². The molecule has 0 saturated carbocycles. The summed E-state index contributed by atoms with van der Waals surface area (Å²) in [5, 5.41) is 10.7. The highest BCUT2D eigenvalue weighted by molar-refractivity contribution is 9.11. The quantitative estimate of drug-likeness (QED) is 0.628. The van der Waals surface area contributed by atoms with Gasteiger partial charge in [-0.15, -0.1) is 11.3 Å². The number of carbonyl (C=O) groups is 2. The zero-order valence-corrected chi connectivity index (χ0v) is 13.7. The average Bonchev–Trinajstić information content (AvgIpc) is 2.90. The third kappa shape index (κ3) is 3.68. The highest BCUT2D eigenvalue weighted by Gasteiger charge is 2.15. The number of rotatable bonds is 3. The van der Waals surface area contributed by atoms with E-state index in [0.717, 1.165) is 3.79 Å². The molecule has 1 aromatic heterocycles. The van der Waals surface area contributed by atoms with Crippen LogP contribution in [0.25, 0.3) is 0 Å². The molecule has 7 nitrogen and oxygen atoms in total. The zero-order chi connectivity index (χ0) is 16.3. The molecule has 0 fully saturated rings. The number of hydrazine groups is 1. The number of halogens is 1. The molecule has 22 heavy (non-hydrogen) atoms. The molecule has 114 valence electrons. The number of nitrogens with one attached hydrogen (secondary N) is 2. The van der Waals surface area contributed by atoms with Gasteiger partial charge in [-0.25, -0.2) is 0 Å². The molecule has 0 spiro atoms. The molecule has 0 atom stereocenters. The summed E-state index contributed by atoms with van der Waals surface area (Å²) in [5.41, 5.74) is 5.07. The predicted molar refractivity (Wildman–Crippen MR) is 84.8 cm³/mol. The maximum atomic E-state index is 11.9. The summed E-state index contributed by atoms with van der Waals surface area (Å²) in [7, 11) is 0. The van der Waals surface area contributed by atoms with Crippen molar-refractivity contribution < 1.29 is 14.5 Å². The average molecular weight is 384 g/mol. The first-order chi connectivity index (χ1) is 10.4. The number of nitro benzene ring substituents is 1. The van der Waals surface area contributed by atoms with Gasteiger partial charge in [0, 0.05) is 17.2 Å². The number of aryl methyl sites for hydroxylation is 1. The SMILES string of the molecule is Cc1cc(C(=O)NNC(=O)c2ccc(Br)s2)ccc1[N+](=O)[O-]. The molecular weight excluding hydrogens is 374 g/mol. The third-order valence-corrected chi connectivity index (χ3v) is 4.36. The van der Waals surface area contributed by atoms with Crippen molar-refractivity contribution in [1.29, 1.82) is 0 Å².